The normalized spacial score (nSPS) is 12.7. The van der Waals surface area contributed by atoms with E-state index in [0.29, 0.717) is 5.75 Å². The van der Waals surface area contributed by atoms with Gasteiger partial charge < -0.3 is 4.74 Å². The standard InChI is InChI=1S/C17H24O2/c1-7-8-15(18)19-14-11-9-13(10-12-14)17(5,6)16(2,3)4/h7-12H,1-6H3/b8-7+. The molecule has 0 heterocycles. The Hall–Kier alpha value is -1.57. The number of carbonyl (C=O) groups is 1. The van der Waals surface area contributed by atoms with Crippen LogP contribution in [-0.2, 0) is 10.2 Å². The highest BCUT2D eigenvalue weighted by molar-refractivity contribution is 5.83. The summed E-state index contributed by atoms with van der Waals surface area (Å²) in [5.41, 5.74) is 1.46. The third-order valence-corrected chi connectivity index (χ3v) is 3.97. The molecular weight excluding hydrogens is 236 g/mol. The van der Waals surface area contributed by atoms with E-state index in [9.17, 15) is 4.79 Å². The van der Waals surface area contributed by atoms with E-state index >= 15 is 0 Å². The smallest absolute Gasteiger partial charge is 0.335 e. The first kappa shape index (κ1) is 15.5. The molecule has 0 aliphatic rings. The summed E-state index contributed by atoms with van der Waals surface area (Å²) in [6, 6.07) is 7.77. The van der Waals surface area contributed by atoms with Gasteiger partial charge in [0.2, 0.25) is 0 Å². The molecular formula is C17H24O2. The predicted molar refractivity (Wildman–Crippen MR) is 79.4 cm³/mol. The summed E-state index contributed by atoms with van der Waals surface area (Å²) in [6.07, 6.45) is 3.08. The zero-order valence-electron chi connectivity index (χ0n) is 12.8. The molecule has 0 amide bonds. The molecule has 0 aliphatic heterocycles. The van der Waals surface area contributed by atoms with Crippen molar-refractivity contribution in [1.82, 2.24) is 0 Å². The molecule has 0 radical (unpaired) electrons. The van der Waals surface area contributed by atoms with Gasteiger partial charge in [0.15, 0.2) is 0 Å². The number of allylic oxidation sites excluding steroid dienone is 1. The van der Waals surface area contributed by atoms with Crippen molar-refractivity contribution in [1.29, 1.82) is 0 Å². The van der Waals surface area contributed by atoms with E-state index in [1.807, 2.05) is 24.3 Å². The minimum absolute atomic E-state index is 0.0544. The van der Waals surface area contributed by atoms with Gasteiger partial charge in [-0.25, -0.2) is 4.79 Å². The van der Waals surface area contributed by atoms with Gasteiger partial charge in [-0.1, -0.05) is 52.8 Å². The van der Waals surface area contributed by atoms with Crippen LogP contribution in [0.3, 0.4) is 0 Å². The van der Waals surface area contributed by atoms with Gasteiger partial charge in [0.25, 0.3) is 0 Å². The number of carbonyl (C=O) groups excluding carboxylic acids is 1. The maximum Gasteiger partial charge on any atom is 0.335 e. The van der Waals surface area contributed by atoms with Gasteiger partial charge >= 0.3 is 5.97 Å². The van der Waals surface area contributed by atoms with Crippen molar-refractivity contribution in [3.63, 3.8) is 0 Å². The average Bonchev–Trinajstić information content (AvgIpc) is 2.28. The molecule has 1 aromatic rings. The number of rotatable bonds is 3. The van der Waals surface area contributed by atoms with E-state index in [-0.39, 0.29) is 16.8 Å². The number of esters is 1. The number of benzene rings is 1. The molecule has 0 saturated heterocycles. The van der Waals surface area contributed by atoms with Crippen LogP contribution in [-0.4, -0.2) is 5.97 Å². The third kappa shape index (κ3) is 3.69. The summed E-state index contributed by atoms with van der Waals surface area (Å²) in [7, 11) is 0. The lowest BCUT2D eigenvalue weighted by Gasteiger charge is -2.39. The molecule has 0 aliphatic carbocycles. The fraction of sp³-hybridized carbons (Fsp3) is 0.471. The van der Waals surface area contributed by atoms with Gasteiger partial charge in [0, 0.05) is 6.08 Å². The van der Waals surface area contributed by atoms with Crippen molar-refractivity contribution < 1.29 is 9.53 Å². The Morgan fingerprint density at radius 2 is 1.58 bits per heavy atom. The molecule has 2 nitrogen and oxygen atoms in total. The Kier molecular flexibility index (Phi) is 4.56. The molecule has 1 aromatic carbocycles. The molecule has 2 heteroatoms. The van der Waals surface area contributed by atoms with Crippen LogP contribution in [0.15, 0.2) is 36.4 Å². The number of ether oxygens (including phenoxy) is 1. The highest BCUT2D eigenvalue weighted by Crippen LogP contribution is 2.41. The molecule has 0 saturated carbocycles. The molecule has 0 spiro atoms. The van der Waals surface area contributed by atoms with Crippen molar-refractivity contribution in [3.05, 3.63) is 42.0 Å². The van der Waals surface area contributed by atoms with E-state index in [1.165, 1.54) is 11.6 Å². The topological polar surface area (TPSA) is 26.3 Å². The van der Waals surface area contributed by atoms with Gasteiger partial charge in [-0.05, 0) is 35.4 Å². The van der Waals surface area contributed by atoms with Crippen molar-refractivity contribution in [2.75, 3.05) is 0 Å². The van der Waals surface area contributed by atoms with Crippen LogP contribution < -0.4 is 4.74 Å². The van der Waals surface area contributed by atoms with Crippen LogP contribution in [0.1, 0.15) is 47.1 Å². The summed E-state index contributed by atoms with van der Waals surface area (Å²) < 4.78 is 5.18. The van der Waals surface area contributed by atoms with E-state index in [1.54, 1.807) is 13.0 Å². The summed E-state index contributed by atoms with van der Waals surface area (Å²) in [5.74, 6) is 0.238. The van der Waals surface area contributed by atoms with Gasteiger partial charge in [-0.15, -0.1) is 0 Å². The monoisotopic (exact) mass is 260 g/mol. The Morgan fingerprint density at radius 3 is 2.00 bits per heavy atom. The van der Waals surface area contributed by atoms with E-state index in [0.717, 1.165) is 0 Å². The summed E-state index contributed by atoms with van der Waals surface area (Å²) in [5, 5.41) is 0. The van der Waals surface area contributed by atoms with Crippen LogP contribution >= 0.6 is 0 Å². The van der Waals surface area contributed by atoms with Crippen LogP contribution in [0.5, 0.6) is 5.75 Å². The molecule has 0 N–H and O–H groups in total. The van der Waals surface area contributed by atoms with Crippen molar-refractivity contribution in [3.8, 4) is 5.75 Å². The van der Waals surface area contributed by atoms with Crippen LogP contribution in [0.4, 0.5) is 0 Å². The molecule has 0 atom stereocenters. The summed E-state index contributed by atoms with van der Waals surface area (Å²) in [6.45, 7) is 12.9. The van der Waals surface area contributed by atoms with Crippen LogP contribution in [0.25, 0.3) is 0 Å². The van der Waals surface area contributed by atoms with Crippen molar-refractivity contribution >= 4 is 5.97 Å². The first-order valence-corrected chi connectivity index (χ1v) is 6.63. The Morgan fingerprint density at radius 1 is 1.05 bits per heavy atom. The maximum absolute atomic E-state index is 11.3. The Bertz CT molecular complexity index is 459. The molecule has 0 unspecified atom stereocenters. The molecule has 1 rings (SSSR count). The number of hydrogen-bond acceptors (Lipinski definition) is 2. The van der Waals surface area contributed by atoms with Gasteiger partial charge in [-0.2, -0.15) is 0 Å². The molecule has 19 heavy (non-hydrogen) atoms. The second-order valence-corrected chi connectivity index (χ2v) is 6.32. The van der Waals surface area contributed by atoms with Crippen LogP contribution in [0, 0.1) is 5.41 Å². The first-order valence-electron chi connectivity index (χ1n) is 6.63. The molecule has 0 bridgehead atoms. The maximum atomic E-state index is 11.3. The average molecular weight is 260 g/mol. The predicted octanol–water partition coefficient (Wildman–Crippen LogP) is 4.49. The largest absolute Gasteiger partial charge is 0.423 e. The van der Waals surface area contributed by atoms with Crippen molar-refractivity contribution in [2.45, 2.75) is 47.0 Å². The fourth-order valence-corrected chi connectivity index (χ4v) is 1.66. The van der Waals surface area contributed by atoms with Crippen LogP contribution in [0.2, 0.25) is 0 Å². The lowest BCUT2D eigenvalue weighted by Crippen LogP contribution is -2.33. The highest BCUT2D eigenvalue weighted by Gasteiger charge is 2.34. The van der Waals surface area contributed by atoms with Gasteiger partial charge in [-0.3, -0.25) is 0 Å². The van der Waals surface area contributed by atoms with E-state index in [4.69, 9.17) is 4.74 Å². The molecule has 0 fully saturated rings. The highest BCUT2D eigenvalue weighted by atomic mass is 16.5. The third-order valence-electron chi connectivity index (χ3n) is 3.97. The van der Waals surface area contributed by atoms with Gasteiger partial charge in [0.1, 0.15) is 5.75 Å². The second-order valence-electron chi connectivity index (χ2n) is 6.32. The van der Waals surface area contributed by atoms with E-state index in [2.05, 4.69) is 34.6 Å². The Labute approximate surface area is 116 Å². The molecule has 0 aromatic heterocycles. The minimum Gasteiger partial charge on any atom is -0.423 e. The Balaban J connectivity index is 2.91. The summed E-state index contributed by atoms with van der Waals surface area (Å²) >= 11 is 0. The van der Waals surface area contributed by atoms with E-state index < -0.39 is 0 Å². The van der Waals surface area contributed by atoms with Gasteiger partial charge in [0.05, 0.1) is 0 Å². The minimum atomic E-state index is -0.342. The quantitative estimate of drug-likeness (QED) is 0.454. The summed E-state index contributed by atoms with van der Waals surface area (Å²) in [4.78, 5) is 11.3. The molecule has 104 valence electrons. The zero-order chi connectivity index (χ0) is 14.7. The lowest BCUT2D eigenvalue weighted by molar-refractivity contribution is -0.129. The van der Waals surface area contributed by atoms with Crippen molar-refractivity contribution in [2.24, 2.45) is 5.41 Å². The zero-order valence-corrected chi connectivity index (χ0v) is 12.8. The SMILES string of the molecule is C/C=C/C(=O)Oc1ccc(C(C)(C)C(C)(C)C)cc1. The lowest BCUT2D eigenvalue weighted by atomic mass is 9.65. The second kappa shape index (κ2) is 5.60. The fourth-order valence-electron chi connectivity index (χ4n) is 1.66. The number of hydrogen-bond donors (Lipinski definition) is 0. The first-order chi connectivity index (χ1) is 8.68.